The van der Waals surface area contributed by atoms with E-state index in [1.54, 1.807) is 30.4 Å². The zero-order chi connectivity index (χ0) is 18.6. The Balaban J connectivity index is 1.36. The minimum absolute atomic E-state index is 0.148. The van der Waals surface area contributed by atoms with Crippen molar-refractivity contribution in [3.05, 3.63) is 66.9 Å². The van der Waals surface area contributed by atoms with Crippen LogP contribution in [0.1, 0.15) is 10.5 Å². The van der Waals surface area contributed by atoms with Crippen molar-refractivity contribution in [1.82, 2.24) is 25.1 Å². The molecule has 7 nitrogen and oxygen atoms in total. The van der Waals surface area contributed by atoms with Crippen molar-refractivity contribution < 1.29 is 9.53 Å². The smallest absolute Gasteiger partial charge is 0.267 e. The Morgan fingerprint density at radius 1 is 1.22 bits per heavy atom. The standard InChI is InChI=1S/C20H19N5O2/c1-27-17-5-4-14-9-19(24-18(14)10-17)20(26)22-7-8-25-13-16(12-23-25)15-3-2-6-21-11-15/h2-6,9-13,24H,7-8H2,1H3,(H,22,26). The largest absolute Gasteiger partial charge is 0.497 e. The van der Waals surface area contributed by atoms with Crippen molar-refractivity contribution in [2.45, 2.75) is 6.54 Å². The summed E-state index contributed by atoms with van der Waals surface area (Å²) in [5.74, 6) is 0.601. The molecule has 136 valence electrons. The van der Waals surface area contributed by atoms with Crippen LogP contribution in [0.2, 0.25) is 0 Å². The van der Waals surface area contributed by atoms with Gasteiger partial charge >= 0.3 is 0 Å². The van der Waals surface area contributed by atoms with Crippen LogP contribution in [0, 0.1) is 0 Å². The van der Waals surface area contributed by atoms with E-state index >= 15 is 0 Å². The summed E-state index contributed by atoms with van der Waals surface area (Å²) in [6.07, 6.45) is 7.28. The lowest BCUT2D eigenvalue weighted by molar-refractivity contribution is 0.0948. The van der Waals surface area contributed by atoms with Gasteiger partial charge in [-0.1, -0.05) is 6.07 Å². The van der Waals surface area contributed by atoms with Gasteiger partial charge in [-0.2, -0.15) is 5.10 Å². The number of H-pyrrole nitrogens is 1. The molecule has 0 aliphatic rings. The van der Waals surface area contributed by atoms with Gasteiger partial charge < -0.3 is 15.0 Å². The van der Waals surface area contributed by atoms with Crippen LogP contribution in [0.3, 0.4) is 0 Å². The summed E-state index contributed by atoms with van der Waals surface area (Å²) in [4.78, 5) is 19.6. The number of benzene rings is 1. The number of pyridine rings is 1. The summed E-state index contributed by atoms with van der Waals surface area (Å²) in [5, 5.41) is 8.21. The summed E-state index contributed by atoms with van der Waals surface area (Å²) in [7, 11) is 1.62. The maximum atomic E-state index is 12.4. The van der Waals surface area contributed by atoms with Gasteiger partial charge in [-0.25, -0.2) is 0 Å². The Morgan fingerprint density at radius 3 is 2.96 bits per heavy atom. The van der Waals surface area contributed by atoms with Crippen LogP contribution in [-0.2, 0) is 6.54 Å². The highest BCUT2D eigenvalue weighted by atomic mass is 16.5. The number of nitrogens with one attached hydrogen (secondary N) is 2. The van der Waals surface area contributed by atoms with Crippen LogP contribution in [0.15, 0.2) is 61.2 Å². The maximum Gasteiger partial charge on any atom is 0.267 e. The molecule has 0 atom stereocenters. The van der Waals surface area contributed by atoms with Gasteiger partial charge in [0, 0.05) is 53.2 Å². The number of carbonyl (C=O) groups is 1. The maximum absolute atomic E-state index is 12.4. The molecule has 2 N–H and O–H groups in total. The molecule has 27 heavy (non-hydrogen) atoms. The van der Waals surface area contributed by atoms with E-state index in [1.165, 1.54) is 0 Å². The molecule has 0 saturated heterocycles. The average molecular weight is 361 g/mol. The molecule has 3 heterocycles. The summed E-state index contributed by atoms with van der Waals surface area (Å²) in [6, 6.07) is 11.4. The van der Waals surface area contributed by atoms with Crippen molar-refractivity contribution >= 4 is 16.8 Å². The number of aromatic amines is 1. The van der Waals surface area contributed by atoms with Gasteiger partial charge in [-0.3, -0.25) is 14.5 Å². The lowest BCUT2D eigenvalue weighted by Gasteiger charge is -2.04. The Morgan fingerprint density at radius 2 is 2.15 bits per heavy atom. The zero-order valence-electron chi connectivity index (χ0n) is 14.8. The summed E-state index contributed by atoms with van der Waals surface area (Å²) < 4.78 is 7.01. The van der Waals surface area contributed by atoms with E-state index in [1.807, 2.05) is 42.6 Å². The van der Waals surface area contributed by atoms with E-state index in [0.717, 1.165) is 27.8 Å². The Kier molecular flexibility index (Phi) is 4.57. The second kappa shape index (κ2) is 7.33. The van der Waals surface area contributed by atoms with E-state index in [2.05, 4.69) is 20.4 Å². The summed E-state index contributed by atoms with van der Waals surface area (Å²) >= 11 is 0. The molecule has 0 fully saturated rings. The molecule has 0 saturated carbocycles. The van der Waals surface area contributed by atoms with Gasteiger partial charge in [0.05, 0.1) is 19.9 Å². The molecule has 0 radical (unpaired) electrons. The fourth-order valence-corrected chi connectivity index (χ4v) is 2.90. The molecule has 0 unspecified atom stereocenters. The second-order valence-electron chi connectivity index (χ2n) is 6.13. The second-order valence-corrected chi connectivity index (χ2v) is 6.13. The Hall–Kier alpha value is -3.61. The van der Waals surface area contributed by atoms with Gasteiger partial charge in [-0.15, -0.1) is 0 Å². The van der Waals surface area contributed by atoms with Gasteiger partial charge in [0.1, 0.15) is 11.4 Å². The molecular weight excluding hydrogens is 342 g/mol. The first-order chi connectivity index (χ1) is 13.2. The highest BCUT2D eigenvalue weighted by molar-refractivity contribution is 5.98. The lowest BCUT2D eigenvalue weighted by atomic mass is 10.2. The van der Waals surface area contributed by atoms with Crippen molar-refractivity contribution in [3.63, 3.8) is 0 Å². The molecular formula is C20H19N5O2. The number of nitrogens with zero attached hydrogens (tertiary/aromatic N) is 3. The molecule has 4 rings (SSSR count). The predicted molar refractivity (Wildman–Crippen MR) is 103 cm³/mol. The highest BCUT2D eigenvalue weighted by Crippen LogP contribution is 2.21. The third kappa shape index (κ3) is 3.67. The SMILES string of the molecule is COc1ccc2cc(C(=O)NCCn3cc(-c4cccnc4)cn3)[nH]c2c1. The van der Waals surface area contributed by atoms with Gasteiger partial charge in [0.15, 0.2) is 0 Å². The van der Waals surface area contributed by atoms with Crippen LogP contribution in [-0.4, -0.2) is 39.3 Å². The summed E-state index contributed by atoms with van der Waals surface area (Å²) in [5.41, 5.74) is 3.41. The zero-order valence-corrected chi connectivity index (χ0v) is 14.8. The van der Waals surface area contributed by atoms with Crippen LogP contribution in [0.25, 0.3) is 22.0 Å². The Bertz CT molecular complexity index is 1070. The van der Waals surface area contributed by atoms with Crippen LogP contribution < -0.4 is 10.1 Å². The molecule has 0 spiro atoms. The number of aromatic nitrogens is 4. The topological polar surface area (TPSA) is 84.8 Å². The van der Waals surface area contributed by atoms with E-state index < -0.39 is 0 Å². The van der Waals surface area contributed by atoms with Crippen molar-refractivity contribution in [1.29, 1.82) is 0 Å². The van der Waals surface area contributed by atoms with Gasteiger partial charge in [-0.05, 0) is 24.3 Å². The van der Waals surface area contributed by atoms with Crippen LogP contribution in [0.4, 0.5) is 0 Å². The number of hydrogen-bond donors (Lipinski definition) is 2. The quantitative estimate of drug-likeness (QED) is 0.553. The number of ether oxygens (including phenoxy) is 1. The predicted octanol–water partition coefficient (Wildman–Crippen LogP) is 2.87. The monoisotopic (exact) mass is 361 g/mol. The number of rotatable bonds is 6. The minimum Gasteiger partial charge on any atom is -0.497 e. The number of methoxy groups -OCH3 is 1. The Labute approximate surface area is 156 Å². The first kappa shape index (κ1) is 16.8. The highest BCUT2D eigenvalue weighted by Gasteiger charge is 2.10. The molecule has 1 amide bonds. The number of carbonyl (C=O) groups excluding carboxylic acids is 1. The molecule has 0 aliphatic heterocycles. The first-order valence-electron chi connectivity index (χ1n) is 8.61. The first-order valence-corrected chi connectivity index (χ1v) is 8.61. The molecule has 3 aromatic heterocycles. The van der Waals surface area contributed by atoms with E-state index in [-0.39, 0.29) is 5.91 Å². The molecule has 0 aliphatic carbocycles. The normalized spacial score (nSPS) is 10.9. The van der Waals surface area contributed by atoms with Gasteiger partial charge in [0.2, 0.25) is 0 Å². The van der Waals surface area contributed by atoms with E-state index in [0.29, 0.717) is 18.8 Å². The molecule has 7 heteroatoms. The van der Waals surface area contributed by atoms with Crippen LogP contribution >= 0.6 is 0 Å². The molecule has 1 aromatic carbocycles. The average Bonchev–Trinajstić information content (AvgIpc) is 3.35. The third-order valence-electron chi connectivity index (χ3n) is 4.33. The number of amides is 1. The molecule has 0 bridgehead atoms. The van der Waals surface area contributed by atoms with E-state index in [9.17, 15) is 4.79 Å². The van der Waals surface area contributed by atoms with Crippen molar-refractivity contribution in [3.8, 4) is 16.9 Å². The lowest BCUT2D eigenvalue weighted by Crippen LogP contribution is -2.27. The van der Waals surface area contributed by atoms with Gasteiger partial charge in [0.25, 0.3) is 5.91 Å². The fraction of sp³-hybridized carbons (Fsp3) is 0.150. The van der Waals surface area contributed by atoms with E-state index in [4.69, 9.17) is 4.74 Å². The van der Waals surface area contributed by atoms with Crippen LogP contribution in [0.5, 0.6) is 5.75 Å². The van der Waals surface area contributed by atoms with Crippen molar-refractivity contribution in [2.24, 2.45) is 0 Å². The number of hydrogen-bond acceptors (Lipinski definition) is 4. The minimum atomic E-state index is -0.148. The fourth-order valence-electron chi connectivity index (χ4n) is 2.90. The number of fused-ring (bicyclic) bond motifs is 1. The third-order valence-corrected chi connectivity index (χ3v) is 4.33. The van der Waals surface area contributed by atoms with Crippen molar-refractivity contribution in [2.75, 3.05) is 13.7 Å². The summed E-state index contributed by atoms with van der Waals surface area (Å²) in [6.45, 7) is 1.06. The molecule has 4 aromatic rings.